The number of ether oxygens (including phenoxy) is 1. The summed E-state index contributed by atoms with van der Waals surface area (Å²) in [6, 6.07) is 4.42. The molecule has 4 heteroatoms. The van der Waals surface area contributed by atoms with Crippen LogP contribution < -0.4 is 4.74 Å². The van der Waals surface area contributed by atoms with Crippen LogP contribution in [0, 0.1) is 5.13 Å². The summed E-state index contributed by atoms with van der Waals surface area (Å²) in [5.41, 5.74) is 0. The van der Waals surface area contributed by atoms with Gasteiger partial charge < -0.3 is 9.84 Å². The number of rotatable bonds is 2. The van der Waals surface area contributed by atoms with Crippen LogP contribution in [-0.2, 0) is 0 Å². The van der Waals surface area contributed by atoms with E-state index >= 15 is 0 Å². The van der Waals surface area contributed by atoms with Gasteiger partial charge >= 0.3 is 0 Å². The van der Waals surface area contributed by atoms with Crippen molar-refractivity contribution in [2.45, 2.75) is 6.92 Å². The molecule has 1 aromatic carbocycles. The standard InChI is InChI=1S/C10H9FO2S/c1-2-13-8-5-7(12)3-6-4-9(11)14-10(6)8/h3-5,12H,2H2,1H3. The van der Waals surface area contributed by atoms with Gasteiger partial charge in [-0.3, -0.25) is 0 Å². The number of thiophene rings is 1. The molecule has 0 saturated heterocycles. The van der Waals surface area contributed by atoms with Crippen LogP contribution in [0.1, 0.15) is 6.92 Å². The summed E-state index contributed by atoms with van der Waals surface area (Å²) in [5, 5.41) is 9.75. The fourth-order valence-corrected chi connectivity index (χ4v) is 2.17. The van der Waals surface area contributed by atoms with Crippen LogP contribution >= 0.6 is 11.3 Å². The van der Waals surface area contributed by atoms with Crippen LogP contribution in [-0.4, -0.2) is 11.7 Å². The van der Waals surface area contributed by atoms with E-state index in [1.54, 1.807) is 0 Å². The van der Waals surface area contributed by atoms with E-state index < -0.39 is 0 Å². The molecule has 0 aliphatic carbocycles. The summed E-state index contributed by atoms with van der Waals surface area (Å²) in [4.78, 5) is 0. The molecule has 0 fully saturated rings. The van der Waals surface area contributed by atoms with Gasteiger partial charge in [-0.15, -0.1) is 11.3 Å². The average molecular weight is 212 g/mol. The second kappa shape index (κ2) is 3.46. The highest BCUT2D eigenvalue weighted by Crippen LogP contribution is 2.36. The lowest BCUT2D eigenvalue weighted by Crippen LogP contribution is -1.90. The monoisotopic (exact) mass is 212 g/mol. The third-order valence-corrected chi connectivity index (χ3v) is 2.79. The van der Waals surface area contributed by atoms with Crippen molar-refractivity contribution in [2.24, 2.45) is 0 Å². The van der Waals surface area contributed by atoms with E-state index in [1.807, 2.05) is 6.92 Å². The Morgan fingerprint density at radius 3 is 2.93 bits per heavy atom. The molecule has 0 aliphatic rings. The Labute approximate surface area is 84.6 Å². The summed E-state index contributed by atoms with van der Waals surface area (Å²) < 4.78 is 19.0. The Hall–Kier alpha value is -1.29. The average Bonchev–Trinajstić information content (AvgIpc) is 2.45. The quantitative estimate of drug-likeness (QED) is 0.828. The van der Waals surface area contributed by atoms with Gasteiger partial charge in [-0.1, -0.05) is 0 Å². The molecule has 0 amide bonds. The van der Waals surface area contributed by atoms with Crippen LogP contribution in [0.4, 0.5) is 4.39 Å². The van der Waals surface area contributed by atoms with Gasteiger partial charge in [-0.05, 0) is 19.1 Å². The molecule has 0 aliphatic heterocycles. The summed E-state index contributed by atoms with van der Waals surface area (Å²) >= 11 is 1.02. The van der Waals surface area contributed by atoms with Gasteiger partial charge in [0.1, 0.15) is 11.5 Å². The Morgan fingerprint density at radius 2 is 2.21 bits per heavy atom. The predicted molar refractivity (Wildman–Crippen MR) is 54.6 cm³/mol. The second-order valence-corrected chi connectivity index (χ2v) is 3.85. The Bertz CT molecular complexity index is 464. The topological polar surface area (TPSA) is 29.5 Å². The van der Waals surface area contributed by atoms with Crippen molar-refractivity contribution in [1.82, 2.24) is 0 Å². The first kappa shape index (κ1) is 9.27. The van der Waals surface area contributed by atoms with Crippen molar-refractivity contribution >= 4 is 21.4 Å². The molecule has 0 bridgehead atoms. The van der Waals surface area contributed by atoms with Gasteiger partial charge in [-0.25, -0.2) is 0 Å². The molecule has 2 rings (SSSR count). The van der Waals surface area contributed by atoms with Crippen LogP contribution in [0.3, 0.4) is 0 Å². The Kier molecular flexibility index (Phi) is 2.29. The zero-order valence-electron chi connectivity index (χ0n) is 7.58. The lowest BCUT2D eigenvalue weighted by atomic mass is 10.2. The highest BCUT2D eigenvalue weighted by molar-refractivity contribution is 7.17. The first-order chi connectivity index (χ1) is 6.70. The van der Waals surface area contributed by atoms with Crippen LogP contribution in [0.5, 0.6) is 11.5 Å². The van der Waals surface area contributed by atoms with Crippen LogP contribution in [0.2, 0.25) is 0 Å². The van der Waals surface area contributed by atoms with Crippen molar-refractivity contribution in [3.63, 3.8) is 0 Å². The van der Waals surface area contributed by atoms with Gasteiger partial charge in [0.05, 0.1) is 11.3 Å². The molecule has 0 saturated carbocycles. The molecule has 0 atom stereocenters. The third-order valence-electron chi connectivity index (χ3n) is 1.84. The lowest BCUT2D eigenvalue weighted by Gasteiger charge is -2.04. The van der Waals surface area contributed by atoms with Gasteiger partial charge in [0.25, 0.3) is 0 Å². The maximum Gasteiger partial charge on any atom is 0.177 e. The zero-order chi connectivity index (χ0) is 10.1. The smallest absolute Gasteiger partial charge is 0.177 e. The predicted octanol–water partition coefficient (Wildman–Crippen LogP) is 3.14. The first-order valence-electron chi connectivity index (χ1n) is 4.25. The maximum atomic E-state index is 13.0. The van der Waals surface area contributed by atoms with Crippen LogP contribution in [0.15, 0.2) is 18.2 Å². The van der Waals surface area contributed by atoms with Gasteiger partial charge in [-0.2, -0.15) is 4.39 Å². The first-order valence-corrected chi connectivity index (χ1v) is 5.07. The number of fused-ring (bicyclic) bond motifs is 1. The number of hydrogen-bond donors (Lipinski definition) is 1. The Morgan fingerprint density at radius 1 is 1.43 bits per heavy atom. The highest BCUT2D eigenvalue weighted by atomic mass is 32.1. The number of benzene rings is 1. The largest absolute Gasteiger partial charge is 0.508 e. The van der Waals surface area contributed by atoms with E-state index in [1.165, 1.54) is 18.2 Å². The van der Waals surface area contributed by atoms with Crippen molar-refractivity contribution in [3.8, 4) is 11.5 Å². The summed E-state index contributed by atoms with van der Waals surface area (Å²) in [6.07, 6.45) is 0. The minimum atomic E-state index is -0.272. The molecule has 0 radical (unpaired) electrons. The number of phenolic OH excluding ortho intramolecular Hbond substituents is 1. The lowest BCUT2D eigenvalue weighted by molar-refractivity contribution is 0.342. The molecule has 0 unspecified atom stereocenters. The van der Waals surface area contributed by atoms with Crippen molar-refractivity contribution in [3.05, 3.63) is 23.3 Å². The van der Waals surface area contributed by atoms with Gasteiger partial charge in [0.2, 0.25) is 0 Å². The second-order valence-electron chi connectivity index (χ2n) is 2.85. The minimum Gasteiger partial charge on any atom is -0.508 e. The number of aromatic hydroxyl groups is 1. The van der Waals surface area contributed by atoms with E-state index in [0.29, 0.717) is 17.7 Å². The fourth-order valence-electron chi connectivity index (χ4n) is 1.34. The van der Waals surface area contributed by atoms with Crippen molar-refractivity contribution in [2.75, 3.05) is 6.61 Å². The fraction of sp³-hybridized carbons (Fsp3) is 0.200. The van der Waals surface area contributed by atoms with Crippen LogP contribution in [0.25, 0.3) is 10.1 Å². The molecular weight excluding hydrogens is 203 g/mol. The van der Waals surface area contributed by atoms with Crippen molar-refractivity contribution in [1.29, 1.82) is 0 Å². The number of hydrogen-bond acceptors (Lipinski definition) is 3. The van der Waals surface area contributed by atoms with E-state index in [4.69, 9.17) is 4.74 Å². The molecule has 2 nitrogen and oxygen atoms in total. The summed E-state index contributed by atoms with van der Waals surface area (Å²) in [5.74, 6) is 0.634. The van der Waals surface area contributed by atoms with E-state index in [2.05, 4.69) is 0 Å². The molecule has 2 aromatic rings. The molecule has 74 valence electrons. The van der Waals surface area contributed by atoms with Crippen molar-refractivity contribution < 1.29 is 14.2 Å². The molecular formula is C10H9FO2S. The number of phenols is 1. The van der Waals surface area contributed by atoms with E-state index in [-0.39, 0.29) is 10.9 Å². The molecule has 1 aromatic heterocycles. The van der Waals surface area contributed by atoms with Gasteiger partial charge in [0.15, 0.2) is 5.13 Å². The van der Waals surface area contributed by atoms with E-state index in [9.17, 15) is 9.50 Å². The van der Waals surface area contributed by atoms with E-state index in [0.717, 1.165) is 16.0 Å². The normalized spacial score (nSPS) is 10.7. The summed E-state index contributed by atoms with van der Waals surface area (Å²) in [7, 11) is 0. The molecule has 1 heterocycles. The SMILES string of the molecule is CCOc1cc(O)cc2cc(F)sc12. The van der Waals surface area contributed by atoms with Gasteiger partial charge in [0, 0.05) is 11.5 Å². The molecule has 0 spiro atoms. The number of halogens is 1. The summed E-state index contributed by atoms with van der Waals surface area (Å²) in [6.45, 7) is 2.35. The molecule has 1 N–H and O–H groups in total. The maximum absolute atomic E-state index is 13.0. The zero-order valence-corrected chi connectivity index (χ0v) is 8.40. The Balaban J connectivity index is 2.66. The highest BCUT2D eigenvalue weighted by Gasteiger charge is 2.08. The minimum absolute atomic E-state index is 0.0961. The third kappa shape index (κ3) is 1.53. The molecule has 14 heavy (non-hydrogen) atoms.